The van der Waals surface area contributed by atoms with Gasteiger partial charge in [-0.3, -0.25) is 4.79 Å². The van der Waals surface area contributed by atoms with E-state index in [1.807, 2.05) is 0 Å². The molecule has 23 heavy (non-hydrogen) atoms. The van der Waals surface area contributed by atoms with Crippen molar-refractivity contribution in [1.82, 2.24) is 4.90 Å². The summed E-state index contributed by atoms with van der Waals surface area (Å²) in [5.41, 5.74) is 0.639. The van der Waals surface area contributed by atoms with Gasteiger partial charge in [-0.25, -0.2) is 0 Å². The van der Waals surface area contributed by atoms with E-state index in [0.717, 1.165) is 17.3 Å². The summed E-state index contributed by atoms with van der Waals surface area (Å²) in [4.78, 5) is 15.3. The third-order valence-electron chi connectivity index (χ3n) is 5.27. The van der Waals surface area contributed by atoms with Crippen LogP contribution >= 0.6 is 15.9 Å². The first-order valence-corrected chi connectivity index (χ1v) is 9.10. The molecule has 3 atom stereocenters. The molecule has 1 aromatic carbocycles. The minimum Gasteiger partial charge on any atom is -0.495 e. The van der Waals surface area contributed by atoms with E-state index in [1.54, 1.807) is 26.4 Å². The molecule has 1 saturated carbocycles. The van der Waals surface area contributed by atoms with E-state index in [9.17, 15) is 4.79 Å². The van der Waals surface area contributed by atoms with E-state index in [0.29, 0.717) is 35.1 Å². The first-order valence-electron chi connectivity index (χ1n) is 8.31. The monoisotopic (exact) mass is 381 g/mol. The highest BCUT2D eigenvalue weighted by atomic mass is 79.9. The number of methoxy groups -OCH3 is 2. The van der Waals surface area contributed by atoms with Crippen LogP contribution in [0.25, 0.3) is 0 Å². The fraction of sp³-hybridized carbons (Fsp3) is 0.611. The van der Waals surface area contributed by atoms with Crippen LogP contribution in [0.4, 0.5) is 0 Å². The van der Waals surface area contributed by atoms with Crippen molar-refractivity contribution in [2.45, 2.75) is 51.1 Å². The van der Waals surface area contributed by atoms with Gasteiger partial charge in [-0.2, -0.15) is 0 Å². The number of hydrogen-bond acceptors (Lipinski definition) is 3. The van der Waals surface area contributed by atoms with E-state index in [-0.39, 0.29) is 5.91 Å². The first kappa shape index (κ1) is 16.6. The van der Waals surface area contributed by atoms with E-state index in [4.69, 9.17) is 9.47 Å². The average molecular weight is 382 g/mol. The van der Waals surface area contributed by atoms with E-state index < -0.39 is 0 Å². The number of benzene rings is 1. The largest absolute Gasteiger partial charge is 0.495 e. The van der Waals surface area contributed by atoms with Crippen LogP contribution in [0.3, 0.4) is 0 Å². The maximum Gasteiger partial charge on any atom is 0.254 e. The smallest absolute Gasteiger partial charge is 0.254 e. The Balaban J connectivity index is 1.93. The molecular weight excluding hydrogens is 358 g/mol. The number of hydrogen-bond donors (Lipinski definition) is 0. The van der Waals surface area contributed by atoms with Crippen molar-refractivity contribution in [3.8, 4) is 11.5 Å². The number of nitrogens with zero attached hydrogens (tertiary/aromatic N) is 1. The molecule has 2 aliphatic rings. The van der Waals surface area contributed by atoms with Crippen molar-refractivity contribution in [2.75, 3.05) is 14.2 Å². The molecule has 2 fully saturated rings. The van der Waals surface area contributed by atoms with Gasteiger partial charge in [-0.15, -0.1) is 0 Å². The Morgan fingerprint density at radius 2 is 1.78 bits per heavy atom. The second kappa shape index (κ2) is 6.71. The topological polar surface area (TPSA) is 38.8 Å². The molecule has 0 bridgehead atoms. The summed E-state index contributed by atoms with van der Waals surface area (Å²) in [6.07, 6.45) is 6.04. The Morgan fingerprint density at radius 1 is 1.17 bits per heavy atom. The van der Waals surface area contributed by atoms with Gasteiger partial charge in [0.05, 0.1) is 14.2 Å². The molecule has 1 saturated heterocycles. The van der Waals surface area contributed by atoms with Gasteiger partial charge in [0.2, 0.25) is 0 Å². The molecule has 4 nitrogen and oxygen atoms in total. The van der Waals surface area contributed by atoms with E-state index in [1.165, 1.54) is 19.3 Å². The van der Waals surface area contributed by atoms with Crippen LogP contribution in [0.2, 0.25) is 0 Å². The quantitative estimate of drug-likeness (QED) is 0.784. The molecule has 1 amide bonds. The summed E-state index contributed by atoms with van der Waals surface area (Å²) in [5.74, 6) is 2.01. The van der Waals surface area contributed by atoms with Gasteiger partial charge in [0.15, 0.2) is 0 Å². The Bertz CT molecular complexity index is 579. The Labute approximate surface area is 146 Å². The number of carbonyl (C=O) groups excluding carboxylic acids is 1. The number of carbonyl (C=O) groups is 1. The zero-order valence-corrected chi connectivity index (χ0v) is 15.6. The molecule has 3 rings (SSSR count). The van der Waals surface area contributed by atoms with Crippen molar-refractivity contribution in [3.05, 3.63) is 22.2 Å². The van der Waals surface area contributed by atoms with E-state index >= 15 is 0 Å². The Hall–Kier alpha value is -1.23. The number of likely N-dealkylation sites (tertiary alicyclic amines) is 1. The highest BCUT2D eigenvalue weighted by Crippen LogP contribution is 2.41. The fourth-order valence-corrected chi connectivity index (χ4v) is 4.75. The highest BCUT2D eigenvalue weighted by molar-refractivity contribution is 9.10. The van der Waals surface area contributed by atoms with Gasteiger partial charge in [0.1, 0.15) is 16.0 Å². The van der Waals surface area contributed by atoms with Crippen LogP contribution in [0.15, 0.2) is 16.6 Å². The van der Waals surface area contributed by atoms with Crippen molar-refractivity contribution >= 4 is 21.8 Å². The second-order valence-corrected chi connectivity index (χ2v) is 7.40. The number of ether oxygens (including phenoxy) is 2. The lowest BCUT2D eigenvalue weighted by atomic mass is 9.85. The minimum absolute atomic E-state index is 0.0935. The summed E-state index contributed by atoms with van der Waals surface area (Å²) in [6, 6.07) is 4.30. The number of amides is 1. The standard InChI is InChI=1S/C18H24BrNO3/c1-11-8-12-6-4-5-7-14(12)20(11)18(21)13-9-15(22-2)17(19)16(10-13)23-3/h9-12,14H,4-8H2,1-3H3. The van der Waals surface area contributed by atoms with Crippen LogP contribution < -0.4 is 9.47 Å². The maximum absolute atomic E-state index is 13.2. The van der Waals surface area contributed by atoms with Gasteiger partial charge >= 0.3 is 0 Å². The molecule has 3 unspecified atom stereocenters. The zero-order valence-electron chi connectivity index (χ0n) is 14.0. The summed E-state index contributed by atoms with van der Waals surface area (Å²) < 4.78 is 11.5. The number of fused-ring (bicyclic) bond motifs is 1. The van der Waals surface area contributed by atoms with Gasteiger partial charge < -0.3 is 14.4 Å². The molecule has 0 N–H and O–H groups in total. The normalized spacial score (nSPS) is 26.8. The van der Waals surface area contributed by atoms with E-state index in [2.05, 4.69) is 27.8 Å². The summed E-state index contributed by atoms with van der Waals surface area (Å²) >= 11 is 3.46. The van der Waals surface area contributed by atoms with Gasteiger partial charge in [-0.1, -0.05) is 12.8 Å². The van der Waals surface area contributed by atoms with Crippen LogP contribution in [0.5, 0.6) is 11.5 Å². The molecule has 1 heterocycles. The number of rotatable bonds is 3. The van der Waals surface area contributed by atoms with Crippen molar-refractivity contribution in [1.29, 1.82) is 0 Å². The van der Waals surface area contributed by atoms with Crippen LogP contribution in [-0.4, -0.2) is 37.1 Å². The van der Waals surface area contributed by atoms with Crippen molar-refractivity contribution < 1.29 is 14.3 Å². The molecule has 5 heteroatoms. The first-order chi connectivity index (χ1) is 11.1. The minimum atomic E-state index is 0.0935. The third kappa shape index (κ3) is 2.95. The molecule has 0 radical (unpaired) electrons. The Kier molecular flexibility index (Phi) is 4.85. The van der Waals surface area contributed by atoms with Crippen molar-refractivity contribution in [2.24, 2.45) is 5.92 Å². The Morgan fingerprint density at radius 3 is 2.39 bits per heavy atom. The lowest BCUT2D eigenvalue weighted by Gasteiger charge is -2.33. The predicted octanol–water partition coefficient (Wildman–Crippen LogP) is 4.26. The average Bonchev–Trinajstić information content (AvgIpc) is 2.90. The molecule has 0 spiro atoms. The highest BCUT2D eigenvalue weighted by Gasteiger charge is 2.42. The molecule has 126 valence electrons. The lowest BCUT2D eigenvalue weighted by molar-refractivity contribution is 0.0632. The lowest BCUT2D eigenvalue weighted by Crippen LogP contribution is -2.42. The van der Waals surface area contributed by atoms with Crippen LogP contribution in [-0.2, 0) is 0 Å². The predicted molar refractivity (Wildman–Crippen MR) is 93.2 cm³/mol. The van der Waals surface area contributed by atoms with Crippen LogP contribution in [0, 0.1) is 5.92 Å². The summed E-state index contributed by atoms with van der Waals surface area (Å²) in [7, 11) is 3.20. The molecule has 1 aliphatic carbocycles. The van der Waals surface area contributed by atoms with Gasteiger partial charge in [-0.05, 0) is 60.2 Å². The SMILES string of the molecule is COc1cc(C(=O)N2C(C)CC3CCCCC32)cc(OC)c1Br. The molecular formula is C18H24BrNO3. The number of halogens is 1. The molecule has 1 aliphatic heterocycles. The fourth-order valence-electron chi connectivity index (χ4n) is 4.20. The zero-order chi connectivity index (χ0) is 16.6. The summed E-state index contributed by atoms with van der Waals surface area (Å²) in [5, 5.41) is 0. The van der Waals surface area contributed by atoms with Gasteiger partial charge in [0.25, 0.3) is 5.91 Å². The van der Waals surface area contributed by atoms with Crippen molar-refractivity contribution in [3.63, 3.8) is 0 Å². The third-order valence-corrected chi connectivity index (χ3v) is 6.05. The maximum atomic E-state index is 13.2. The molecule has 1 aromatic rings. The second-order valence-electron chi connectivity index (χ2n) is 6.60. The molecule has 0 aromatic heterocycles. The van der Waals surface area contributed by atoms with Gasteiger partial charge in [0, 0.05) is 17.6 Å². The summed E-state index contributed by atoms with van der Waals surface area (Å²) in [6.45, 7) is 2.17. The van der Waals surface area contributed by atoms with Crippen LogP contribution in [0.1, 0.15) is 49.4 Å².